The van der Waals surface area contributed by atoms with Crippen molar-refractivity contribution in [3.8, 4) is 0 Å². The van der Waals surface area contributed by atoms with E-state index in [1.54, 1.807) is 17.0 Å². The first-order chi connectivity index (χ1) is 13.8. The fourth-order valence-corrected chi connectivity index (χ4v) is 4.18. The van der Waals surface area contributed by atoms with Crippen LogP contribution in [0.2, 0.25) is 4.34 Å². The fraction of sp³-hybridized carbons (Fsp3) is 0.381. The van der Waals surface area contributed by atoms with Crippen molar-refractivity contribution in [1.82, 2.24) is 4.90 Å². The predicted molar refractivity (Wildman–Crippen MR) is 120 cm³/mol. The number of anilines is 1. The number of carbonyl (C=O) groups excluding carboxylic acids is 1. The van der Waals surface area contributed by atoms with Crippen LogP contribution in [0.5, 0.6) is 0 Å². The number of thiophene rings is 1. The van der Waals surface area contributed by atoms with Crippen molar-refractivity contribution in [1.29, 1.82) is 5.41 Å². The normalized spacial score (nSPS) is 15.6. The van der Waals surface area contributed by atoms with E-state index in [-0.39, 0.29) is 11.9 Å². The number of ketones is 1. The van der Waals surface area contributed by atoms with Gasteiger partial charge in [0.1, 0.15) is 11.9 Å². The van der Waals surface area contributed by atoms with E-state index in [0.717, 1.165) is 22.5 Å². The number of nitrogens with zero attached hydrogens (tertiary/aromatic N) is 3. The van der Waals surface area contributed by atoms with E-state index in [2.05, 4.69) is 5.16 Å². The molecule has 8 heteroatoms. The van der Waals surface area contributed by atoms with Crippen molar-refractivity contribution >= 4 is 46.0 Å². The Hall–Kier alpha value is -2.38. The van der Waals surface area contributed by atoms with Crippen LogP contribution in [0.25, 0.3) is 0 Å². The van der Waals surface area contributed by atoms with Crippen molar-refractivity contribution in [2.45, 2.75) is 25.4 Å². The summed E-state index contributed by atoms with van der Waals surface area (Å²) in [5, 5.41) is 12.5. The monoisotopic (exact) mass is 432 g/mol. The van der Waals surface area contributed by atoms with Crippen LogP contribution in [0, 0.1) is 5.41 Å². The van der Waals surface area contributed by atoms with Crippen molar-refractivity contribution in [2.24, 2.45) is 5.16 Å². The highest BCUT2D eigenvalue weighted by molar-refractivity contribution is 7.18. The molecule has 1 unspecified atom stereocenters. The molecule has 1 atom stereocenters. The molecule has 0 fully saturated rings. The van der Waals surface area contributed by atoms with Crippen molar-refractivity contribution in [2.75, 3.05) is 33.1 Å². The van der Waals surface area contributed by atoms with Gasteiger partial charge in [-0.3, -0.25) is 10.2 Å². The number of nitrogens with one attached hydrogen (secondary N) is 1. The third-order valence-corrected chi connectivity index (χ3v) is 6.06. The minimum Gasteiger partial charge on any atom is -0.392 e. The zero-order chi connectivity index (χ0) is 21.1. The molecule has 1 aromatic carbocycles. The van der Waals surface area contributed by atoms with Gasteiger partial charge >= 0.3 is 0 Å². The second-order valence-electron chi connectivity index (χ2n) is 7.40. The molecule has 0 spiro atoms. The molecule has 1 aromatic heterocycles. The number of Topliss-reactive ketones (excluding diaryl/α,β-unsaturated/α-hetero) is 1. The lowest BCUT2D eigenvalue weighted by Crippen LogP contribution is -2.23. The zero-order valence-corrected chi connectivity index (χ0v) is 18.6. The summed E-state index contributed by atoms with van der Waals surface area (Å²) in [7, 11) is 7.66. The molecule has 29 heavy (non-hydrogen) atoms. The quantitative estimate of drug-likeness (QED) is 0.397. The minimum atomic E-state index is -0.112. The van der Waals surface area contributed by atoms with E-state index in [0.29, 0.717) is 34.3 Å². The van der Waals surface area contributed by atoms with E-state index in [9.17, 15) is 4.79 Å². The minimum absolute atomic E-state index is 0.0829. The van der Waals surface area contributed by atoms with Gasteiger partial charge in [-0.25, -0.2) is 0 Å². The molecule has 0 saturated heterocycles. The largest absolute Gasteiger partial charge is 0.392 e. The summed E-state index contributed by atoms with van der Waals surface area (Å²) in [5.41, 5.74) is 3.69. The number of hydrogen-bond acceptors (Lipinski definition) is 6. The summed E-state index contributed by atoms with van der Waals surface area (Å²) in [6.07, 6.45) is 1.56. The molecule has 0 saturated carbocycles. The second-order valence-corrected chi connectivity index (χ2v) is 9.12. The molecular formula is C21H25ClN4O2S. The standard InChI is InChI=1S/C21H25ClN4O2S/c1-25(2)17-11-13(21(23)26(3)4)5-7-15(17)16-12-14(28-24-16)6-8-18(27)19-9-10-20(22)29-19/h5,7,9-11,14,23H,6,8,12H2,1-4H3. The highest BCUT2D eigenvalue weighted by atomic mass is 35.5. The number of carbonyl (C=O) groups is 1. The number of benzene rings is 1. The first kappa shape index (κ1) is 21.3. The van der Waals surface area contributed by atoms with Crippen molar-refractivity contribution in [3.63, 3.8) is 0 Å². The Morgan fingerprint density at radius 2 is 2.03 bits per heavy atom. The van der Waals surface area contributed by atoms with Gasteiger partial charge in [-0.05, 0) is 24.6 Å². The Bertz CT molecular complexity index is 952. The molecular weight excluding hydrogens is 408 g/mol. The van der Waals surface area contributed by atoms with Crippen LogP contribution in [-0.2, 0) is 4.84 Å². The lowest BCUT2D eigenvalue weighted by atomic mass is 9.98. The molecule has 0 bridgehead atoms. The lowest BCUT2D eigenvalue weighted by molar-refractivity contribution is 0.0720. The van der Waals surface area contributed by atoms with Gasteiger partial charge in [-0.15, -0.1) is 11.3 Å². The topological polar surface area (TPSA) is 69.0 Å². The molecule has 1 aliphatic rings. The Labute approximate surface area is 180 Å². The highest BCUT2D eigenvalue weighted by Crippen LogP contribution is 2.29. The average Bonchev–Trinajstić information content (AvgIpc) is 3.34. The number of hydrogen-bond donors (Lipinski definition) is 1. The molecule has 0 radical (unpaired) electrons. The van der Waals surface area contributed by atoms with Gasteiger partial charge in [0.05, 0.1) is 14.9 Å². The van der Waals surface area contributed by atoms with Crippen LogP contribution in [0.3, 0.4) is 0 Å². The number of oxime groups is 1. The summed E-state index contributed by atoms with van der Waals surface area (Å²) in [4.78, 5) is 22.4. The third kappa shape index (κ3) is 4.97. The summed E-state index contributed by atoms with van der Waals surface area (Å²) in [6, 6.07) is 9.44. The fourth-order valence-electron chi connectivity index (χ4n) is 3.17. The van der Waals surface area contributed by atoms with Crippen LogP contribution < -0.4 is 4.90 Å². The van der Waals surface area contributed by atoms with Gasteiger partial charge in [-0.2, -0.15) is 0 Å². The van der Waals surface area contributed by atoms with Crippen LogP contribution in [0.15, 0.2) is 35.5 Å². The molecule has 1 aliphatic heterocycles. The molecule has 6 nitrogen and oxygen atoms in total. The average molecular weight is 433 g/mol. The molecule has 3 rings (SSSR count). The highest BCUT2D eigenvalue weighted by Gasteiger charge is 2.26. The van der Waals surface area contributed by atoms with E-state index in [4.69, 9.17) is 21.8 Å². The van der Waals surface area contributed by atoms with Gasteiger partial charge in [0.2, 0.25) is 0 Å². The Balaban J connectivity index is 1.67. The van der Waals surface area contributed by atoms with Gasteiger partial charge in [0, 0.05) is 57.8 Å². The maximum absolute atomic E-state index is 12.3. The van der Waals surface area contributed by atoms with Crippen LogP contribution in [0.4, 0.5) is 5.69 Å². The number of halogens is 1. The maximum Gasteiger partial charge on any atom is 0.172 e. The second kappa shape index (κ2) is 8.97. The predicted octanol–water partition coefficient (Wildman–Crippen LogP) is 4.51. The van der Waals surface area contributed by atoms with Gasteiger partial charge < -0.3 is 14.6 Å². The molecule has 1 N–H and O–H groups in total. The summed E-state index contributed by atoms with van der Waals surface area (Å²) < 4.78 is 0.623. The molecule has 0 aliphatic carbocycles. The van der Waals surface area contributed by atoms with Gasteiger partial charge in [-0.1, -0.05) is 28.9 Å². The molecule has 0 amide bonds. The van der Waals surface area contributed by atoms with E-state index >= 15 is 0 Å². The van der Waals surface area contributed by atoms with Crippen molar-refractivity contribution in [3.05, 3.63) is 50.7 Å². The van der Waals surface area contributed by atoms with Crippen molar-refractivity contribution < 1.29 is 9.63 Å². The SMILES string of the molecule is CN(C)C(=N)c1ccc(C2=NOC(CCC(=O)c3ccc(Cl)s3)C2)c(N(C)C)c1. The molecule has 2 heterocycles. The third-order valence-electron chi connectivity index (χ3n) is 4.79. The smallest absolute Gasteiger partial charge is 0.172 e. The van der Waals surface area contributed by atoms with E-state index in [1.165, 1.54) is 11.3 Å². The Kier molecular flexibility index (Phi) is 6.59. The lowest BCUT2D eigenvalue weighted by Gasteiger charge is -2.20. The van der Waals surface area contributed by atoms with Crippen LogP contribution in [0.1, 0.15) is 40.1 Å². The molecule has 154 valence electrons. The van der Waals surface area contributed by atoms with Crippen LogP contribution in [-0.4, -0.2) is 56.5 Å². The van der Waals surface area contributed by atoms with Crippen LogP contribution >= 0.6 is 22.9 Å². The van der Waals surface area contributed by atoms with Gasteiger partial charge in [0.25, 0.3) is 0 Å². The number of rotatable bonds is 7. The summed E-state index contributed by atoms with van der Waals surface area (Å²) in [6.45, 7) is 0. The van der Waals surface area contributed by atoms with Gasteiger partial charge in [0.15, 0.2) is 5.78 Å². The summed E-state index contributed by atoms with van der Waals surface area (Å²) in [5.74, 6) is 0.536. The number of amidine groups is 1. The molecule has 2 aromatic rings. The zero-order valence-electron chi connectivity index (χ0n) is 17.0. The Morgan fingerprint density at radius 1 is 1.28 bits per heavy atom. The summed E-state index contributed by atoms with van der Waals surface area (Å²) >= 11 is 7.22. The first-order valence-corrected chi connectivity index (χ1v) is 10.5. The Morgan fingerprint density at radius 3 is 2.66 bits per heavy atom. The first-order valence-electron chi connectivity index (χ1n) is 9.35. The van der Waals surface area contributed by atoms with E-state index < -0.39 is 0 Å². The maximum atomic E-state index is 12.3. The van der Waals surface area contributed by atoms with E-state index in [1.807, 2.05) is 51.3 Å².